The van der Waals surface area contributed by atoms with Crippen LogP contribution in [0.15, 0.2) is 0 Å². The molecule has 74 valence electrons. The van der Waals surface area contributed by atoms with Gasteiger partial charge in [-0.1, -0.05) is 0 Å². The van der Waals surface area contributed by atoms with Crippen molar-refractivity contribution in [3.63, 3.8) is 0 Å². The van der Waals surface area contributed by atoms with Gasteiger partial charge in [0.2, 0.25) is 5.91 Å². The first kappa shape index (κ1) is 9.94. The monoisotopic (exact) mass is 187 g/mol. The van der Waals surface area contributed by atoms with Crippen molar-refractivity contribution in [1.29, 1.82) is 0 Å². The van der Waals surface area contributed by atoms with Crippen LogP contribution in [0.4, 0.5) is 0 Å². The van der Waals surface area contributed by atoms with Crippen molar-refractivity contribution in [2.24, 2.45) is 5.84 Å². The smallest absolute Gasteiger partial charge is 0.259 e. The number of nitrogens with zero attached hydrogens (tertiary/aromatic N) is 1. The van der Waals surface area contributed by atoms with Crippen molar-refractivity contribution < 1.29 is 14.3 Å². The second-order valence-corrected chi connectivity index (χ2v) is 2.92. The lowest BCUT2D eigenvalue weighted by Gasteiger charge is -2.37. The summed E-state index contributed by atoms with van der Waals surface area (Å²) in [5.41, 5.74) is 1.96. The van der Waals surface area contributed by atoms with Gasteiger partial charge in [-0.25, -0.2) is 5.84 Å². The van der Waals surface area contributed by atoms with Crippen LogP contribution in [0.3, 0.4) is 0 Å². The Morgan fingerprint density at radius 3 is 2.69 bits per heavy atom. The third-order valence-corrected chi connectivity index (χ3v) is 1.90. The van der Waals surface area contributed by atoms with E-state index in [1.165, 1.54) is 6.92 Å². The first-order valence-corrected chi connectivity index (χ1v) is 4.00. The summed E-state index contributed by atoms with van der Waals surface area (Å²) in [7, 11) is 0. The zero-order chi connectivity index (χ0) is 9.84. The molecule has 6 nitrogen and oxygen atoms in total. The van der Waals surface area contributed by atoms with Crippen molar-refractivity contribution in [2.75, 3.05) is 19.7 Å². The van der Waals surface area contributed by atoms with Gasteiger partial charge in [0, 0.05) is 20.0 Å². The largest absolute Gasteiger partial charge is 0.365 e. The van der Waals surface area contributed by atoms with Gasteiger partial charge in [0.1, 0.15) is 6.61 Å². The minimum atomic E-state index is -0.360. The summed E-state index contributed by atoms with van der Waals surface area (Å²) < 4.78 is 5.13. The lowest BCUT2D eigenvalue weighted by molar-refractivity contribution is -0.145. The molecule has 0 radical (unpaired) electrons. The number of nitrogens with one attached hydrogen (secondary N) is 1. The Bertz CT molecular complexity index is 213. The molecule has 1 saturated heterocycles. The number of hydrogen-bond acceptors (Lipinski definition) is 4. The molecule has 0 aromatic rings. The van der Waals surface area contributed by atoms with Gasteiger partial charge in [-0.2, -0.15) is 0 Å². The van der Waals surface area contributed by atoms with Gasteiger partial charge in [-0.05, 0) is 0 Å². The molecule has 1 rings (SSSR count). The van der Waals surface area contributed by atoms with E-state index in [1.807, 2.05) is 5.43 Å². The Morgan fingerprint density at radius 2 is 2.23 bits per heavy atom. The SMILES string of the molecule is CC(=O)N1CC(OCC(=O)NN)C1. The summed E-state index contributed by atoms with van der Waals surface area (Å²) in [5.74, 6) is 4.52. The van der Waals surface area contributed by atoms with E-state index in [0.717, 1.165) is 0 Å². The Balaban J connectivity index is 2.08. The van der Waals surface area contributed by atoms with Gasteiger partial charge in [-0.15, -0.1) is 0 Å². The number of rotatable bonds is 3. The van der Waals surface area contributed by atoms with E-state index in [1.54, 1.807) is 4.90 Å². The number of amides is 2. The fraction of sp³-hybridized carbons (Fsp3) is 0.714. The molecule has 3 N–H and O–H groups in total. The molecule has 13 heavy (non-hydrogen) atoms. The van der Waals surface area contributed by atoms with Crippen LogP contribution in [0.25, 0.3) is 0 Å². The molecule has 1 aliphatic heterocycles. The molecule has 0 unspecified atom stereocenters. The summed E-state index contributed by atoms with van der Waals surface area (Å²) in [6, 6.07) is 0. The molecule has 0 spiro atoms. The zero-order valence-electron chi connectivity index (χ0n) is 7.45. The molecule has 1 aliphatic rings. The maximum atomic E-state index is 10.7. The fourth-order valence-corrected chi connectivity index (χ4v) is 1.04. The Hall–Kier alpha value is -1.14. The van der Waals surface area contributed by atoms with Gasteiger partial charge in [0.05, 0.1) is 6.10 Å². The molecule has 0 atom stereocenters. The lowest BCUT2D eigenvalue weighted by Crippen LogP contribution is -2.54. The summed E-state index contributed by atoms with van der Waals surface area (Å²) >= 11 is 0. The van der Waals surface area contributed by atoms with Gasteiger partial charge in [0.15, 0.2) is 0 Å². The summed E-state index contributed by atoms with van der Waals surface area (Å²) in [6.45, 7) is 2.58. The number of likely N-dealkylation sites (tertiary alicyclic amines) is 1. The summed E-state index contributed by atoms with van der Waals surface area (Å²) in [6.07, 6.45) is -0.0267. The standard InChI is InChI=1S/C7H13N3O3/c1-5(11)10-2-6(3-10)13-4-7(12)9-8/h6H,2-4,8H2,1H3,(H,9,12). The first-order valence-electron chi connectivity index (χ1n) is 4.00. The van der Waals surface area contributed by atoms with Crippen LogP contribution in [-0.4, -0.2) is 42.5 Å². The van der Waals surface area contributed by atoms with Gasteiger partial charge >= 0.3 is 0 Å². The average Bonchev–Trinajstić information content (AvgIpc) is 2.00. The molecule has 0 aromatic carbocycles. The number of ether oxygens (including phenoxy) is 1. The average molecular weight is 187 g/mol. The van der Waals surface area contributed by atoms with E-state index in [9.17, 15) is 9.59 Å². The maximum absolute atomic E-state index is 10.7. The highest BCUT2D eigenvalue weighted by Gasteiger charge is 2.29. The molecule has 1 fully saturated rings. The van der Waals surface area contributed by atoms with E-state index in [-0.39, 0.29) is 24.5 Å². The van der Waals surface area contributed by atoms with Gasteiger partial charge < -0.3 is 9.64 Å². The highest BCUT2D eigenvalue weighted by Crippen LogP contribution is 2.10. The van der Waals surface area contributed by atoms with Crippen LogP contribution in [-0.2, 0) is 14.3 Å². The van der Waals surface area contributed by atoms with Crippen LogP contribution in [0.1, 0.15) is 6.92 Å². The topological polar surface area (TPSA) is 84.7 Å². The summed E-state index contributed by atoms with van der Waals surface area (Å²) in [4.78, 5) is 23.0. The van der Waals surface area contributed by atoms with Crippen molar-refractivity contribution in [3.8, 4) is 0 Å². The van der Waals surface area contributed by atoms with Crippen LogP contribution in [0.2, 0.25) is 0 Å². The molecule has 0 bridgehead atoms. The molecule has 6 heteroatoms. The minimum Gasteiger partial charge on any atom is -0.365 e. The summed E-state index contributed by atoms with van der Waals surface area (Å²) in [5, 5.41) is 0. The number of nitrogens with two attached hydrogens (primary N) is 1. The molecule has 0 aromatic heterocycles. The molecule has 0 saturated carbocycles. The predicted octanol–water partition coefficient (Wildman–Crippen LogP) is -1.78. The van der Waals surface area contributed by atoms with Crippen LogP contribution in [0, 0.1) is 0 Å². The third-order valence-electron chi connectivity index (χ3n) is 1.90. The van der Waals surface area contributed by atoms with Crippen molar-refractivity contribution in [1.82, 2.24) is 10.3 Å². The van der Waals surface area contributed by atoms with Crippen molar-refractivity contribution >= 4 is 11.8 Å². The van der Waals surface area contributed by atoms with Crippen LogP contribution in [0.5, 0.6) is 0 Å². The molecule has 0 aliphatic carbocycles. The quantitative estimate of drug-likeness (QED) is 0.311. The van der Waals surface area contributed by atoms with E-state index in [2.05, 4.69) is 0 Å². The Morgan fingerprint density at radius 1 is 1.62 bits per heavy atom. The molecular weight excluding hydrogens is 174 g/mol. The minimum absolute atomic E-state index is 0.0267. The Kier molecular flexibility index (Phi) is 3.21. The van der Waals surface area contributed by atoms with E-state index < -0.39 is 0 Å². The fourth-order valence-electron chi connectivity index (χ4n) is 1.04. The third kappa shape index (κ3) is 2.67. The van der Waals surface area contributed by atoms with Gasteiger partial charge in [-0.3, -0.25) is 15.0 Å². The van der Waals surface area contributed by atoms with Crippen molar-refractivity contribution in [3.05, 3.63) is 0 Å². The number of carbonyl (C=O) groups is 2. The second-order valence-electron chi connectivity index (χ2n) is 2.92. The van der Waals surface area contributed by atoms with E-state index in [4.69, 9.17) is 10.6 Å². The highest BCUT2D eigenvalue weighted by molar-refractivity contribution is 5.76. The number of carbonyl (C=O) groups excluding carboxylic acids is 2. The van der Waals surface area contributed by atoms with E-state index >= 15 is 0 Å². The molecule has 1 heterocycles. The predicted molar refractivity (Wildman–Crippen MR) is 44.3 cm³/mol. The molecular formula is C7H13N3O3. The normalized spacial score (nSPS) is 16.6. The van der Waals surface area contributed by atoms with Crippen LogP contribution >= 0.6 is 0 Å². The van der Waals surface area contributed by atoms with Crippen LogP contribution < -0.4 is 11.3 Å². The van der Waals surface area contributed by atoms with Gasteiger partial charge in [0.25, 0.3) is 5.91 Å². The number of hydrazine groups is 1. The van der Waals surface area contributed by atoms with E-state index in [0.29, 0.717) is 13.1 Å². The lowest BCUT2D eigenvalue weighted by atomic mass is 10.2. The molecule has 2 amide bonds. The number of hydrogen-bond donors (Lipinski definition) is 2. The first-order chi connectivity index (χ1) is 6.13. The van der Waals surface area contributed by atoms with Crippen molar-refractivity contribution in [2.45, 2.75) is 13.0 Å². The Labute approximate surface area is 76.0 Å². The second kappa shape index (κ2) is 4.20. The highest BCUT2D eigenvalue weighted by atomic mass is 16.5. The maximum Gasteiger partial charge on any atom is 0.259 e. The zero-order valence-corrected chi connectivity index (χ0v) is 7.45.